The van der Waals surface area contributed by atoms with Crippen molar-refractivity contribution in [1.29, 1.82) is 0 Å². The number of rotatable bonds is 13. The summed E-state index contributed by atoms with van der Waals surface area (Å²) in [6, 6.07) is 11.0. The van der Waals surface area contributed by atoms with Crippen molar-refractivity contribution in [3.8, 4) is 0 Å². The molecule has 1 fully saturated rings. The van der Waals surface area contributed by atoms with Gasteiger partial charge in [0.1, 0.15) is 23.2 Å². The van der Waals surface area contributed by atoms with Crippen molar-refractivity contribution in [3.63, 3.8) is 0 Å². The van der Waals surface area contributed by atoms with Crippen LogP contribution in [-0.2, 0) is 27.3 Å². The molecule has 8 nitrogen and oxygen atoms in total. The first kappa shape index (κ1) is 31.2. The second-order valence-corrected chi connectivity index (χ2v) is 10.7. The van der Waals surface area contributed by atoms with Crippen LogP contribution in [0.3, 0.4) is 0 Å². The van der Waals surface area contributed by atoms with Crippen LogP contribution in [0.1, 0.15) is 51.7 Å². The van der Waals surface area contributed by atoms with Crippen LogP contribution in [0.25, 0.3) is 0 Å². The fourth-order valence-corrected chi connectivity index (χ4v) is 5.31. The van der Waals surface area contributed by atoms with Gasteiger partial charge in [0.2, 0.25) is 17.7 Å². The zero-order chi connectivity index (χ0) is 29.4. The molecular formula is C30H40F2N4O4. The maximum atomic E-state index is 13.6. The molecule has 2 aromatic rings. The molecule has 10 heteroatoms. The van der Waals surface area contributed by atoms with Crippen molar-refractivity contribution in [1.82, 2.24) is 20.9 Å². The van der Waals surface area contributed by atoms with E-state index in [1.807, 2.05) is 44.2 Å². The van der Waals surface area contributed by atoms with E-state index >= 15 is 0 Å². The highest BCUT2D eigenvalue weighted by atomic mass is 19.1. The van der Waals surface area contributed by atoms with Crippen LogP contribution in [0.4, 0.5) is 8.78 Å². The molecule has 2 aromatic carbocycles. The molecule has 3 amide bonds. The van der Waals surface area contributed by atoms with Crippen molar-refractivity contribution < 1.29 is 28.3 Å². The standard InChI is InChI=1S/C30H40F2N4O4/c1-5-19(2)30(35-21(4)37)11-12-36(29(30)40)20(3)28(39)34-26(15-22-9-7-6-8-10-22)27(38)18-33-17-23-13-24(31)16-25(32)14-23/h6-10,13-14,16,19-20,26-27,33,38H,5,11-12,15,17-18H2,1-4H3,(H,34,39)(H,35,37)/t19?,20?,26-,27+,30-/m0/s1. The number of likely N-dealkylation sites (tertiary alicyclic amines) is 1. The molecule has 1 aliphatic rings. The number of hydrogen-bond donors (Lipinski definition) is 4. The minimum Gasteiger partial charge on any atom is -0.390 e. The smallest absolute Gasteiger partial charge is 0.249 e. The largest absolute Gasteiger partial charge is 0.390 e. The van der Waals surface area contributed by atoms with Gasteiger partial charge in [0, 0.05) is 32.6 Å². The summed E-state index contributed by atoms with van der Waals surface area (Å²) < 4.78 is 27.0. The Labute approximate surface area is 234 Å². The highest BCUT2D eigenvalue weighted by Crippen LogP contribution is 2.33. The quantitative estimate of drug-likeness (QED) is 0.302. The van der Waals surface area contributed by atoms with Crippen LogP contribution in [0.2, 0.25) is 0 Å². The fourth-order valence-electron chi connectivity index (χ4n) is 5.31. The molecule has 3 rings (SSSR count). The second kappa shape index (κ2) is 13.8. The van der Waals surface area contributed by atoms with Crippen molar-refractivity contribution in [3.05, 3.63) is 71.3 Å². The average Bonchev–Trinajstić information content (AvgIpc) is 3.23. The summed E-state index contributed by atoms with van der Waals surface area (Å²) in [5.74, 6) is -2.51. The van der Waals surface area contributed by atoms with Crippen LogP contribution in [-0.4, -0.2) is 64.5 Å². The lowest BCUT2D eigenvalue weighted by Crippen LogP contribution is -2.60. The molecule has 1 saturated heterocycles. The van der Waals surface area contributed by atoms with Gasteiger partial charge < -0.3 is 26.0 Å². The molecule has 40 heavy (non-hydrogen) atoms. The molecule has 218 valence electrons. The number of aliphatic hydroxyl groups excluding tert-OH is 1. The van der Waals surface area contributed by atoms with Gasteiger partial charge in [0.15, 0.2) is 0 Å². The van der Waals surface area contributed by atoms with E-state index in [0.717, 1.165) is 11.6 Å². The normalized spacial score (nSPS) is 20.1. The van der Waals surface area contributed by atoms with Gasteiger partial charge in [-0.05, 0) is 48.9 Å². The second-order valence-electron chi connectivity index (χ2n) is 10.7. The SMILES string of the molecule is CCC(C)[C@@]1(NC(C)=O)CCN(C(C)C(=O)N[C@@H](Cc2ccccc2)[C@H](O)CNCc2cc(F)cc(F)c2)C1=O. The van der Waals surface area contributed by atoms with Crippen LogP contribution >= 0.6 is 0 Å². The molecule has 0 saturated carbocycles. The molecule has 2 unspecified atom stereocenters. The molecule has 0 bridgehead atoms. The van der Waals surface area contributed by atoms with Crippen molar-refractivity contribution in [2.24, 2.45) is 5.92 Å². The third kappa shape index (κ3) is 7.63. The first-order valence-corrected chi connectivity index (χ1v) is 13.7. The zero-order valence-corrected chi connectivity index (χ0v) is 23.5. The van der Waals surface area contributed by atoms with Crippen LogP contribution in [0.5, 0.6) is 0 Å². The topological polar surface area (TPSA) is 111 Å². The van der Waals surface area contributed by atoms with Gasteiger partial charge in [-0.1, -0.05) is 50.6 Å². The molecule has 5 atom stereocenters. The number of benzene rings is 2. The van der Waals surface area contributed by atoms with Gasteiger partial charge in [0.25, 0.3) is 0 Å². The third-order valence-electron chi connectivity index (χ3n) is 7.78. The van der Waals surface area contributed by atoms with Crippen molar-refractivity contribution >= 4 is 17.7 Å². The van der Waals surface area contributed by atoms with E-state index in [9.17, 15) is 28.3 Å². The summed E-state index contributed by atoms with van der Waals surface area (Å²) in [5.41, 5.74) is 0.224. The molecular weight excluding hydrogens is 518 g/mol. The maximum absolute atomic E-state index is 13.6. The monoisotopic (exact) mass is 558 g/mol. The molecule has 1 heterocycles. The summed E-state index contributed by atoms with van der Waals surface area (Å²) in [7, 11) is 0. The summed E-state index contributed by atoms with van der Waals surface area (Å²) in [5, 5.41) is 19.8. The lowest BCUT2D eigenvalue weighted by Gasteiger charge is -2.35. The number of nitrogens with zero attached hydrogens (tertiary/aromatic N) is 1. The van der Waals surface area contributed by atoms with Gasteiger partial charge in [-0.25, -0.2) is 8.78 Å². The van der Waals surface area contributed by atoms with Gasteiger partial charge in [-0.15, -0.1) is 0 Å². The highest BCUT2D eigenvalue weighted by Gasteiger charge is 2.52. The van der Waals surface area contributed by atoms with Gasteiger partial charge in [-0.2, -0.15) is 0 Å². The minimum absolute atomic E-state index is 0.0482. The Kier molecular flexibility index (Phi) is 10.8. The Morgan fingerprint density at radius 2 is 1.73 bits per heavy atom. The molecule has 0 aromatic heterocycles. The minimum atomic E-state index is -1.06. The predicted octanol–water partition coefficient (Wildman–Crippen LogP) is 2.68. The maximum Gasteiger partial charge on any atom is 0.249 e. The van der Waals surface area contributed by atoms with E-state index in [0.29, 0.717) is 31.4 Å². The van der Waals surface area contributed by atoms with E-state index in [-0.39, 0.29) is 30.8 Å². The van der Waals surface area contributed by atoms with E-state index < -0.39 is 41.3 Å². The van der Waals surface area contributed by atoms with E-state index in [1.54, 1.807) is 6.92 Å². The van der Waals surface area contributed by atoms with E-state index in [2.05, 4.69) is 16.0 Å². The Bertz CT molecular complexity index is 1160. The predicted molar refractivity (Wildman–Crippen MR) is 148 cm³/mol. The summed E-state index contributed by atoms with van der Waals surface area (Å²) in [6.45, 7) is 7.37. The fraction of sp³-hybridized carbons (Fsp3) is 0.500. The van der Waals surface area contributed by atoms with Gasteiger partial charge >= 0.3 is 0 Å². The van der Waals surface area contributed by atoms with Gasteiger partial charge in [0.05, 0.1) is 12.1 Å². The van der Waals surface area contributed by atoms with Gasteiger partial charge in [-0.3, -0.25) is 14.4 Å². The average molecular weight is 559 g/mol. The summed E-state index contributed by atoms with van der Waals surface area (Å²) >= 11 is 0. The molecule has 1 aliphatic heterocycles. The Hall–Kier alpha value is -3.37. The first-order valence-electron chi connectivity index (χ1n) is 13.7. The van der Waals surface area contributed by atoms with Crippen molar-refractivity contribution in [2.75, 3.05) is 13.1 Å². The van der Waals surface area contributed by atoms with Crippen LogP contribution in [0.15, 0.2) is 48.5 Å². The number of carbonyl (C=O) groups excluding carboxylic acids is 3. The lowest BCUT2D eigenvalue weighted by atomic mass is 9.81. The third-order valence-corrected chi connectivity index (χ3v) is 7.78. The molecule has 0 aliphatic carbocycles. The van der Waals surface area contributed by atoms with E-state index in [1.165, 1.54) is 24.0 Å². The number of amides is 3. The lowest BCUT2D eigenvalue weighted by molar-refractivity contribution is -0.143. The number of hydrogen-bond acceptors (Lipinski definition) is 5. The Balaban J connectivity index is 1.71. The number of halogens is 2. The van der Waals surface area contributed by atoms with Crippen LogP contribution in [0, 0.1) is 17.6 Å². The Morgan fingerprint density at radius 3 is 2.33 bits per heavy atom. The molecule has 0 spiro atoms. The van der Waals surface area contributed by atoms with Crippen molar-refractivity contribution in [2.45, 2.75) is 77.2 Å². The highest BCUT2D eigenvalue weighted by molar-refractivity contribution is 5.96. The number of aliphatic hydroxyl groups is 1. The molecule has 4 N–H and O–H groups in total. The van der Waals surface area contributed by atoms with Crippen LogP contribution < -0.4 is 16.0 Å². The first-order chi connectivity index (χ1) is 19.0. The summed E-state index contributed by atoms with van der Waals surface area (Å²) in [4.78, 5) is 40.4. The zero-order valence-electron chi connectivity index (χ0n) is 23.5. The number of carbonyl (C=O) groups is 3. The molecule has 0 radical (unpaired) electrons. The number of nitrogens with one attached hydrogen (secondary N) is 3. The summed E-state index contributed by atoms with van der Waals surface area (Å²) in [6.07, 6.45) is 0.371. The Morgan fingerprint density at radius 1 is 1.07 bits per heavy atom. The van der Waals surface area contributed by atoms with E-state index in [4.69, 9.17) is 0 Å².